The molecular weight excluding hydrogens is 570 g/mol. The molecule has 0 radical (unpaired) electrons. The molecule has 4 N–H and O–H groups in total. The van der Waals surface area contributed by atoms with Crippen LogP contribution < -0.4 is 26.1 Å². The first kappa shape index (κ1) is 30.7. The number of esters is 1. The van der Waals surface area contributed by atoms with Crippen LogP contribution in [0.25, 0.3) is 0 Å². The van der Waals surface area contributed by atoms with Crippen molar-refractivity contribution in [1.82, 2.24) is 10.7 Å². The molecule has 224 valence electrons. The van der Waals surface area contributed by atoms with Crippen LogP contribution in [0.1, 0.15) is 28.8 Å². The summed E-state index contributed by atoms with van der Waals surface area (Å²) in [6, 6.07) is 24.6. The van der Waals surface area contributed by atoms with E-state index in [9.17, 15) is 24.0 Å². The molecule has 0 fully saturated rings. The van der Waals surface area contributed by atoms with Crippen molar-refractivity contribution in [2.75, 3.05) is 17.2 Å². The van der Waals surface area contributed by atoms with Gasteiger partial charge in [-0.1, -0.05) is 18.2 Å². The van der Waals surface area contributed by atoms with E-state index in [0.717, 1.165) is 0 Å². The van der Waals surface area contributed by atoms with E-state index in [1.54, 1.807) is 31.2 Å². The highest BCUT2D eigenvalue weighted by Crippen LogP contribution is 2.22. The van der Waals surface area contributed by atoms with Gasteiger partial charge < -0.3 is 29.8 Å². The fourth-order valence-electron chi connectivity index (χ4n) is 3.52. The summed E-state index contributed by atoms with van der Waals surface area (Å²) in [5.41, 5.74) is 3.10. The number of hydrogen-bond donors (Lipinski definition) is 4. The number of rotatable bonds is 10. The lowest BCUT2D eigenvalue weighted by Crippen LogP contribution is -2.34. The molecule has 13 heteroatoms. The van der Waals surface area contributed by atoms with Crippen molar-refractivity contribution in [3.63, 3.8) is 0 Å². The van der Waals surface area contributed by atoms with Gasteiger partial charge in [-0.3, -0.25) is 19.2 Å². The monoisotopic (exact) mass is 597 g/mol. The lowest BCUT2D eigenvalue weighted by molar-refractivity contribution is -0.136. The standard InChI is InChI=1S/C31H27N5O8/c1-2-42-31(41)20-8-10-21(11-9-20)34-28(38)27(37)32-18-25-16-17-26(44-25)19-33-36-30(40)29(39)35-22-12-14-24(15-13-22)43-23-6-4-3-5-7-23/h3-17,19H,2,18H2,1H3,(H,32,37)(H,34,38)(H,35,39)(H,36,40)/b33-19+. The number of amides is 4. The van der Waals surface area contributed by atoms with Crippen molar-refractivity contribution in [2.45, 2.75) is 13.5 Å². The van der Waals surface area contributed by atoms with Gasteiger partial charge in [0.1, 0.15) is 23.0 Å². The van der Waals surface area contributed by atoms with E-state index >= 15 is 0 Å². The molecule has 0 aliphatic carbocycles. The van der Waals surface area contributed by atoms with E-state index in [1.165, 1.54) is 42.6 Å². The molecule has 1 heterocycles. The average molecular weight is 598 g/mol. The van der Waals surface area contributed by atoms with Crippen LogP contribution in [-0.4, -0.2) is 42.4 Å². The summed E-state index contributed by atoms with van der Waals surface area (Å²) >= 11 is 0. The minimum atomic E-state index is -1.01. The first-order valence-corrected chi connectivity index (χ1v) is 13.2. The number of furan rings is 1. The van der Waals surface area contributed by atoms with Gasteiger partial charge in [-0.15, -0.1) is 0 Å². The van der Waals surface area contributed by atoms with Crippen LogP contribution >= 0.6 is 0 Å². The minimum Gasteiger partial charge on any atom is -0.462 e. The van der Waals surface area contributed by atoms with Gasteiger partial charge in [0.2, 0.25) is 0 Å². The molecule has 0 spiro atoms. The van der Waals surface area contributed by atoms with Crippen molar-refractivity contribution >= 4 is 47.2 Å². The average Bonchev–Trinajstić information content (AvgIpc) is 3.49. The Labute approximate surface area is 251 Å². The van der Waals surface area contributed by atoms with Gasteiger partial charge >= 0.3 is 29.6 Å². The SMILES string of the molecule is CCOC(=O)c1ccc(NC(=O)C(=O)NCc2ccc(/C=N/NC(=O)C(=O)Nc3ccc(Oc4ccccc4)cc3)o2)cc1. The van der Waals surface area contributed by atoms with Crippen LogP contribution in [0.5, 0.6) is 11.5 Å². The first-order valence-electron chi connectivity index (χ1n) is 13.2. The Morgan fingerprint density at radius 3 is 2.00 bits per heavy atom. The number of carbonyl (C=O) groups excluding carboxylic acids is 5. The molecular formula is C31H27N5O8. The molecule has 4 rings (SSSR count). The second kappa shape index (κ2) is 15.1. The predicted octanol–water partition coefficient (Wildman–Crippen LogP) is 3.59. The molecule has 0 unspecified atom stereocenters. The van der Waals surface area contributed by atoms with Crippen LogP contribution in [0, 0.1) is 0 Å². The van der Waals surface area contributed by atoms with Crippen LogP contribution in [0.3, 0.4) is 0 Å². The molecule has 4 aromatic rings. The maximum absolute atomic E-state index is 12.2. The molecule has 4 amide bonds. The van der Waals surface area contributed by atoms with E-state index in [4.69, 9.17) is 13.9 Å². The van der Waals surface area contributed by atoms with E-state index < -0.39 is 29.6 Å². The molecule has 0 saturated heterocycles. The summed E-state index contributed by atoms with van der Waals surface area (Å²) < 4.78 is 16.1. The van der Waals surface area contributed by atoms with E-state index in [1.807, 2.05) is 30.3 Å². The molecule has 44 heavy (non-hydrogen) atoms. The van der Waals surface area contributed by atoms with E-state index in [2.05, 4.69) is 26.5 Å². The maximum atomic E-state index is 12.2. The van der Waals surface area contributed by atoms with Crippen LogP contribution in [0.4, 0.5) is 11.4 Å². The van der Waals surface area contributed by atoms with Gasteiger partial charge in [-0.05, 0) is 79.7 Å². The molecule has 0 saturated carbocycles. The molecule has 13 nitrogen and oxygen atoms in total. The molecule has 0 aliphatic rings. The summed E-state index contributed by atoms with van der Waals surface area (Å²) in [5, 5.41) is 11.0. The zero-order valence-electron chi connectivity index (χ0n) is 23.4. The number of hydrogen-bond acceptors (Lipinski definition) is 9. The molecule has 1 aromatic heterocycles. The highest BCUT2D eigenvalue weighted by Gasteiger charge is 2.16. The normalized spacial score (nSPS) is 10.5. The lowest BCUT2D eigenvalue weighted by atomic mass is 10.2. The van der Waals surface area contributed by atoms with E-state index in [0.29, 0.717) is 34.2 Å². The Bertz CT molecular complexity index is 1650. The summed E-state index contributed by atoms with van der Waals surface area (Å²) in [6.07, 6.45) is 1.17. The fraction of sp³-hybridized carbons (Fsp3) is 0.0968. The van der Waals surface area contributed by atoms with Gasteiger partial charge in [-0.25, -0.2) is 10.2 Å². The number of carbonyl (C=O) groups is 5. The second-order valence-electron chi connectivity index (χ2n) is 8.83. The van der Waals surface area contributed by atoms with Crippen LogP contribution in [-0.2, 0) is 30.5 Å². The van der Waals surface area contributed by atoms with Gasteiger partial charge in [0.15, 0.2) is 0 Å². The van der Waals surface area contributed by atoms with Crippen LogP contribution in [0.2, 0.25) is 0 Å². The Morgan fingerprint density at radius 2 is 1.34 bits per heavy atom. The number of ether oxygens (including phenoxy) is 2. The van der Waals surface area contributed by atoms with Gasteiger partial charge in [0, 0.05) is 11.4 Å². The summed E-state index contributed by atoms with van der Waals surface area (Å²) in [6.45, 7) is 1.82. The quantitative estimate of drug-likeness (QED) is 0.0927. The zero-order valence-corrected chi connectivity index (χ0v) is 23.4. The Balaban J connectivity index is 1.18. The summed E-state index contributed by atoms with van der Waals surface area (Å²) in [7, 11) is 0. The highest BCUT2D eigenvalue weighted by atomic mass is 16.5. The van der Waals surface area contributed by atoms with E-state index in [-0.39, 0.29) is 18.9 Å². The largest absolute Gasteiger partial charge is 0.462 e. The zero-order chi connectivity index (χ0) is 31.3. The number of nitrogens with one attached hydrogen (secondary N) is 4. The third-order valence-electron chi connectivity index (χ3n) is 5.62. The Morgan fingerprint density at radius 1 is 0.727 bits per heavy atom. The van der Waals surface area contributed by atoms with Crippen molar-refractivity contribution in [3.8, 4) is 11.5 Å². The molecule has 0 aliphatic heterocycles. The van der Waals surface area contributed by atoms with Crippen molar-refractivity contribution < 1.29 is 37.9 Å². The summed E-state index contributed by atoms with van der Waals surface area (Å²) in [5.74, 6) is -2.53. The number of hydrazone groups is 1. The van der Waals surface area contributed by atoms with Crippen molar-refractivity contribution in [3.05, 3.63) is 108 Å². The number of para-hydroxylation sites is 1. The van der Waals surface area contributed by atoms with Gasteiger partial charge in [0.25, 0.3) is 0 Å². The second-order valence-corrected chi connectivity index (χ2v) is 8.83. The minimum absolute atomic E-state index is 0.105. The number of nitrogens with zero attached hydrogens (tertiary/aromatic N) is 1. The predicted molar refractivity (Wildman–Crippen MR) is 159 cm³/mol. The first-order chi connectivity index (χ1) is 21.3. The Kier molecular flexibility index (Phi) is 10.6. The molecule has 0 bridgehead atoms. The maximum Gasteiger partial charge on any atom is 0.338 e. The topological polar surface area (TPSA) is 177 Å². The van der Waals surface area contributed by atoms with Gasteiger partial charge in [-0.2, -0.15) is 5.10 Å². The fourth-order valence-corrected chi connectivity index (χ4v) is 3.52. The highest BCUT2D eigenvalue weighted by molar-refractivity contribution is 6.40. The molecule has 0 atom stereocenters. The van der Waals surface area contributed by atoms with Crippen LogP contribution in [0.15, 0.2) is 101 Å². The lowest BCUT2D eigenvalue weighted by Gasteiger charge is -2.07. The van der Waals surface area contributed by atoms with Gasteiger partial charge in [0.05, 0.1) is 24.9 Å². The summed E-state index contributed by atoms with van der Waals surface area (Å²) in [4.78, 5) is 60.3. The van der Waals surface area contributed by atoms with Crippen molar-refractivity contribution in [1.29, 1.82) is 0 Å². The Hall–Kier alpha value is -6.24. The molecule has 3 aromatic carbocycles. The third kappa shape index (κ3) is 9.14. The number of anilines is 2. The smallest absolute Gasteiger partial charge is 0.338 e. The van der Waals surface area contributed by atoms with Crippen molar-refractivity contribution in [2.24, 2.45) is 5.10 Å². The number of benzene rings is 3. The third-order valence-corrected chi connectivity index (χ3v) is 5.62.